The maximum Gasteiger partial charge on any atom is 0.259 e. The SMILES string of the molecule is O=C(Nc1ccc(Cl)cn1)c1ccc(-c2cnc3ccc(-c4cnn(C(c5ccccc5)(c5ccccc5)c5ccccc5)c4)cn23)cc1F. The highest BCUT2D eigenvalue weighted by molar-refractivity contribution is 6.30. The van der Waals surface area contributed by atoms with Crippen molar-refractivity contribution >= 4 is 29.0 Å². The molecule has 0 saturated carbocycles. The Balaban J connectivity index is 1.18. The van der Waals surface area contributed by atoms with Crippen LogP contribution >= 0.6 is 11.6 Å². The van der Waals surface area contributed by atoms with Gasteiger partial charge in [-0.25, -0.2) is 14.4 Å². The number of anilines is 1. The molecule has 0 aliphatic rings. The van der Waals surface area contributed by atoms with Crippen molar-refractivity contribution in [3.05, 3.63) is 198 Å². The van der Waals surface area contributed by atoms with Gasteiger partial charge in [0.05, 0.1) is 28.7 Å². The second kappa shape index (κ2) is 12.9. The van der Waals surface area contributed by atoms with Crippen LogP contribution in [0.15, 0.2) is 164 Å². The smallest absolute Gasteiger partial charge is 0.259 e. The summed E-state index contributed by atoms with van der Waals surface area (Å²) in [6.07, 6.45) is 9.00. The number of carbonyl (C=O) groups excluding carboxylic acids is 1. The van der Waals surface area contributed by atoms with E-state index in [0.29, 0.717) is 21.9 Å². The summed E-state index contributed by atoms with van der Waals surface area (Å²) in [5.41, 5.74) is 6.10. The Kier molecular flexibility index (Phi) is 7.98. The summed E-state index contributed by atoms with van der Waals surface area (Å²) in [6, 6.07) is 42.7. The van der Waals surface area contributed by atoms with Gasteiger partial charge in [0.15, 0.2) is 0 Å². The van der Waals surface area contributed by atoms with Crippen LogP contribution in [-0.4, -0.2) is 30.1 Å². The van der Waals surface area contributed by atoms with E-state index in [2.05, 4.69) is 57.9 Å². The number of halogens is 2. The lowest BCUT2D eigenvalue weighted by molar-refractivity contribution is 0.102. The van der Waals surface area contributed by atoms with Crippen molar-refractivity contribution in [3.8, 4) is 22.4 Å². The lowest BCUT2D eigenvalue weighted by Crippen LogP contribution is -2.38. The largest absolute Gasteiger partial charge is 0.306 e. The van der Waals surface area contributed by atoms with Gasteiger partial charge in [0.2, 0.25) is 0 Å². The first-order valence-corrected chi connectivity index (χ1v) is 16.3. The standard InChI is InChI=1S/C41H28ClFN6O/c42-34-18-20-38(44-24-34)47-40(50)35-19-16-28(22-36(35)43)37-25-45-39-21-17-29(26-48(37)39)30-23-46-49(27-30)41(31-10-4-1-5-11-31,32-12-6-2-7-13-32)33-14-8-3-9-15-33/h1-27H,(H,44,47,50). The van der Waals surface area contributed by atoms with E-state index >= 15 is 4.39 Å². The molecule has 0 aliphatic heterocycles. The van der Waals surface area contributed by atoms with Crippen molar-refractivity contribution in [2.45, 2.75) is 5.54 Å². The number of imidazole rings is 1. The fraction of sp³-hybridized carbons (Fsp3) is 0.0244. The molecule has 50 heavy (non-hydrogen) atoms. The van der Waals surface area contributed by atoms with Gasteiger partial charge in [-0.05, 0) is 53.1 Å². The monoisotopic (exact) mass is 674 g/mol. The van der Waals surface area contributed by atoms with Crippen molar-refractivity contribution < 1.29 is 9.18 Å². The van der Waals surface area contributed by atoms with Crippen molar-refractivity contribution in [1.29, 1.82) is 0 Å². The molecule has 0 unspecified atom stereocenters. The first-order chi connectivity index (χ1) is 24.5. The normalized spacial score (nSPS) is 11.5. The van der Waals surface area contributed by atoms with Crippen LogP contribution in [0.2, 0.25) is 5.02 Å². The van der Waals surface area contributed by atoms with E-state index in [1.807, 2.05) is 88.2 Å². The average Bonchev–Trinajstić information content (AvgIpc) is 3.82. The van der Waals surface area contributed by atoms with Crippen LogP contribution in [0.3, 0.4) is 0 Å². The zero-order valence-electron chi connectivity index (χ0n) is 26.5. The molecule has 0 spiro atoms. The van der Waals surface area contributed by atoms with E-state index in [4.69, 9.17) is 16.7 Å². The first kappa shape index (κ1) is 30.9. The molecule has 0 aliphatic carbocycles. The molecule has 9 heteroatoms. The number of pyridine rings is 2. The predicted octanol–water partition coefficient (Wildman–Crippen LogP) is 9.14. The van der Waals surface area contributed by atoms with Crippen LogP contribution in [0.25, 0.3) is 28.0 Å². The van der Waals surface area contributed by atoms with Gasteiger partial charge in [0, 0.05) is 35.3 Å². The van der Waals surface area contributed by atoms with Crippen LogP contribution < -0.4 is 5.32 Å². The third kappa shape index (κ3) is 5.51. The second-order valence-corrected chi connectivity index (χ2v) is 12.2. The number of amides is 1. The second-order valence-electron chi connectivity index (χ2n) is 11.8. The zero-order valence-corrected chi connectivity index (χ0v) is 27.2. The molecule has 0 radical (unpaired) electrons. The number of nitrogens with zero attached hydrogens (tertiary/aromatic N) is 5. The number of hydrogen-bond acceptors (Lipinski definition) is 4. The molecule has 1 amide bonds. The lowest BCUT2D eigenvalue weighted by atomic mass is 9.77. The maximum absolute atomic E-state index is 15.4. The van der Waals surface area contributed by atoms with Crippen molar-refractivity contribution in [2.24, 2.45) is 0 Å². The zero-order chi connectivity index (χ0) is 34.1. The summed E-state index contributed by atoms with van der Waals surface area (Å²) < 4.78 is 19.3. The Morgan fingerprint density at radius 3 is 1.90 bits per heavy atom. The summed E-state index contributed by atoms with van der Waals surface area (Å²) in [5.74, 6) is -1.01. The summed E-state index contributed by atoms with van der Waals surface area (Å²) in [5, 5.41) is 8.05. The lowest BCUT2D eigenvalue weighted by Gasteiger charge is -2.36. The third-order valence-corrected chi connectivity index (χ3v) is 9.04. The minimum absolute atomic E-state index is 0.105. The fourth-order valence-corrected chi connectivity index (χ4v) is 6.56. The predicted molar refractivity (Wildman–Crippen MR) is 194 cm³/mol. The molecule has 0 saturated heterocycles. The van der Waals surface area contributed by atoms with Gasteiger partial charge in [-0.2, -0.15) is 5.10 Å². The van der Waals surface area contributed by atoms with Crippen LogP contribution in [0.4, 0.5) is 10.2 Å². The Morgan fingerprint density at radius 1 is 0.660 bits per heavy atom. The van der Waals surface area contributed by atoms with Crippen molar-refractivity contribution in [1.82, 2.24) is 24.1 Å². The van der Waals surface area contributed by atoms with E-state index in [-0.39, 0.29) is 11.4 Å². The van der Waals surface area contributed by atoms with Gasteiger partial charge in [-0.3, -0.25) is 13.9 Å². The minimum Gasteiger partial charge on any atom is -0.306 e. The number of hydrogen-bond donors (Lipinski definition) is 1. The summed E-state index contributed by atoms with van der Waals surface area (Å²) in [7, 11) is 0. The molecule has 0 bridgehead atoms. The highest BCUT2D eigenvalue weighted by Crippen LogP contribution is 2.41. The quantitative estimate of drug-likeness (QED) is 0.163. The van der Waals surface area contributed by atoms with E-state index in [9.17, 15) is 4.79 Å². The van der Waals surface area contributed by atoms with Gasteiger partial charge in [0.25, 0.3) is 5.91 Å². The van der Waals surface area contributed by atoms with Crippen LogP contribution in [0, 0.1) is 5.82 Å². The first-order valence-electron chi connectivity index (χ1n) is 15.9. The van der Waals surface area contributed by atoms with Crippen LogP contribution in [0.1, 0.15) is 27.0 Å². The molecule has 4 heterocycles. The Bertz CT molecular complexity index is 2350. The summed E-state index contributed by atoms with van der Waals surface area (Å²) in [6.45, 7) is 0. The molecular formula is C41H28ClFN6O. The Hall–Kier alpha value is -6.38. The van der Waals surface area contributed by atoms with Crippen LogP contribution in [0.5, 0.6) is 0 Å². The fourth-order valence-electron chi connectivity index (χ4n) is 6.45. The summed E-state index contributed by atoms with van der Waals surface area (Å²) in [4.78, 5) is 21.4. The van der Waals surface area contributed by atoms with Gasteiger partial charge in [-0.15, -0.1) is 0 Å². The van der Waals surface area contributed by atoms with E-state index in [0.717, 1.165) is 27.8 Å². The van der Waals surface area contributed by atoms with E-state index < -0.39 is 17.3 Å². The van der Waals surface area contributed by atoms with Crippen molar-refractivity contribution in [2.75, 3.05) is 5.32 Å². The molecule has 7 nitrogen and oxygen atoms in total. The van der Waals surface area contributed by atoms with Crippen LogP contribution in [-0.2, 0) is 5.54 Å². The van der Waals surface area contributed by atoms with E-state index in [1.54, 1.807) is 24.4 Å². The molecule has 4 aromatic carbocycles. The Labute approximate surface area is 292 Å². The van der Waals surface area contributed by atoms with Gasteiger partial charge in [0.1, 0.15) is 22.8 Å². The van der Waals surface area contributed by atoms with Gasteiger partial charge < -0.3 is 5.32 Å². The minimum atomic E-state index is -0.749. The molecule has 8 rings (SSSR count). The number of nitrogens with one attached hydrogen (secondary N) is 1. The highest BCUT2D eigenvalue weighted by Gasteiger charge is 2.39. The maximum atomic E-state index is 15.4. The number of fused-ring (bicyclic) bond motifs is 1. The molecule has 0 fully saturated rings. The molecule has 8 aromatic rings. The van der Waals surface area contributed by atoms with E-state index in [1.165, 1.54) is 18.3 Å². The number of aromatic nitrogens is 5. The Morgan fingerprint density at radius 2 is 1.30 bits per heavy atom. The van der Waals surface area contributed by atoms with Gasteiger partial charge >= 0.3 is 0 Å². The highest BCUT2D eigenvalue weighted by atomic mass is 35.5. The third-order valence-electron chi connectivity index (χ3n) is 8.82. The molecule has 0 atom stereocenters. The van der Waals surface area contributed by atoms with Crippen molar-refractivity contribution in [3.63, 3.8) is 0 Å². The average molecular weight is 675 g/mol. The molecule has 1 N–H and O–H groups in total. The van der Waals surface area contributed by atoms with Gasteiger partial charge in [-0.1, -0.05) is 109 Å². The number of rotatable bonds is 8. The molecule has 242 valence electrons. The topological polar surface area (TPSA) is 77.1 Å². The molecular weight excluding hydrogens is 647 g/mol. The number of carbonyl (C=O) groups is 1. The molecule has 4 aromatic heterocycles. The summed E-state index contributed by atoms with van der Waals surface area (Å²) >= 11 is 5.88. The number of benzene rings is 4.